The molecule has 0 radical (unpaired) electrons. The van der Waals surface area contributed by atoms with Crippen LogP contribution in [0.1, 0.15) is 21.5 Å². The Labute approximate surface area is 105 Å². The highest BCUT2D eigenvalue weighted by atomic mass is 16.3. The molecule has 4 heteroatoms. The first-order valence-electron chi connectivity index (χ1n) is 5.61. The number of nitrogens with one attached hydrogen (secondary N) is 1. The van der Waals surface area contributed by atoms with E-state index in [2.05, 4.69) is 10.3 Å². The number of anilines is 1. The van der Waals surface area contributed by atoms with E-state index in [1.807, 2.05) is 19.1 Å². The van der Waals surface area contributed by atoms with Crippen LogP contribution >= 0.6 is 0 Å². The number of amides is 1. The fraction of sp³-hybridized carbons (Fsp3) is 0.143. The van der Waals surface area contributed by atoms with E-state index in [1.54, 1.807) is 31.3 Å². The molecule has 1 amide bonds. The third-order valence-corrected chi connectivity index (χ3v) is 2.79. The van der Waals surface area contributed by atoms with Crippen molar-refractivity contribution in [1.82, 2.24) is 4.98 Å². The summed E-state index contributed by atoms with van der Waals surface area (Å²) in [6.45, 7) is 3.58. The molecular formula is C14H14N2O2. The fourth-order valence-corrected chi connectivity index (χ4v) is 1.66. The molecule has 0 aliphatic rings. The number of hydrogen-bond acceptors (Lipinski definition) is 3. The van der Waals surface area contributed by atoms with Crippen molar-refractivity contribution in [2.24, 2.45) is 0 Å². The lowest BCUT2D eigenvalue weighted by atomic mass is 10.1. The Hall–Kier alpha value is -2.36. The lowest BCUT2D eigenvalue weighted by Gasteiger charge is -2.09. The largest absolute Gasteiger partial charge is 0.508 e. The maximum atomic E-state index is 12.1. The normalized spacial score (nSPS) is 10.1. The monoisotopic (exact) mass is 242 g/mol. The van der Waals surface area contributed by atoms with Crippen molar-refractivity contribution in [1.29, 1.82) is 0 Å². The minimum absolute atomic E-state index is 0.111. The number of aryl methyl sites for hydroxylation is 1. The molecule has 0 aliphatic carbocycles. The molecule has 18 heavy (non-hydrogen) atoms. The van der Waals surface area contributed by atoms with Gasteiger partial charge in [0, 0.05) is 17.3 Å². The van der Waals surface area contributed by atoms with E-state index in [0.717, 1.165) is 5.56 Å². The standard InChI is InChI=1S/C14H14N2O2/c1-9-5-4-8-15-13(9)16-14(18)11-6-3-7-12(17)10(11)2/h3-8,17H,1-2H3,(H,15,16,18). The first-order chi connectivity index (χ1) is 8.59. The molecule has 0 saturated carbocycles. The average Bonchev–Trinajstić information content (AvgIpc) is 2.35. The van der Waals surface area contributed by atoms with Gasteiger partial charge in [0.15, 0.2) is 0 Å². The van der Waals surface area contributed by atoms with Gasteiger partial charge in [-0.15, -0.1) is 0 Å². The van der Waals surface area contributed by atoms with E-state index in [1.165, 1.54) is 0 Å². The predicted molar refractivity (Wildman–Crippen MR) is 69.8 cm³/mol. The summed E-state index contributed by atoms with van der Waals surface area (Å²) < 4.78 is 0. The molecule has 0 saturated heterocycles. The van der Waals surface area contributed by atoms with Crippen molar-refractivity contribution in [3.05, 3.63) is 53.2 Å². The fourth-order valence-electron chi connectivity index (χ4n) is 1.66. The molecule has 0 bridgehead atoms. The summed E-state index contributed by atoms with van der Waals surface area (Å²) in [6, 6.07) is 8.55. The minimum Gasteiger partial charge on any atom is -0.508 e. The number of benzene rings is 1. The maximum absolute atomic E-state index is 12.1. The van der Waals surface area contributed by atoms with Crippen LogP contribution in [-0.4, -0.2) is 16.0 Å². The van der Waals surface area contributed by atoms with Crippen molar-refractivity contribution in [2.45, 2.75) is 13.8 Å². The summed E-state index contributed by atoms with van der Waals surface area (Å²) >= 11 is 0. The van der Waals surface area contributed by atoms with E-state index in [0.29, 0.717) is 16.9 Å². The zero-order valence-electron chi connectivity index (χ0n) is 10.3. The molecule has 0 aliphatic heterocycles. The van der Waals surface area contributed by atoms with Crippen LogP contribution in [0, 0.1) is 13.8 Å². The van der Waals surface area contributed by atoms with Gasteiger partial charge in [0.05, 0.1) is 0 Å². The highest BCUT2D eigenvalue weighted by Crippen LogP contribution is 2.20. The molecule has 0 spiro atoms. The van der Waals surface area contributed by atoms with Gasteiger partial charge in [0.1, 0.15) is 11.6 Å². The first-order valence-corrected chi connectivity index (χ1v) is 5.61. The molecule has 1 aromatic heterocycles. The van der Waals surface area contributed by atoms with Crippen molar-refractivity contribution in [3.63, 3.8) is 0 Å². The summed E-state index contributed by atoms with van der Waals surface area (Å²) in [5.41, 5.74) is 1.90. The van der Waals surface area contributed by atoms with Gasteiger partial charge >= 0.3 is 0 Å². The van der Waals surface area contributed by atoms with Crippen LogP contribution in [0.2, 0.25) is 0 Å². The summed E-state index contributed by atoms with van der Waals surface area (Å²) in [5, 5.41) is 12.3. The molecule has 0 atom stereocenters. The third-order valence-electron chi connectivity index (χ3n) is 2.79. The Morgan fingerprint density at radius 2 is 2.00 bits per heavy atom. The van der Waals surface area contributed by atoms with Crippen LogP contribution in [0.3, 0.4) is 0 Å². The van der Waals surface area contributed by atoms with Gasteiger partial charge in [0.2, 0.25) is 0 Å². The quantitative estimate of drug-likeness (QED) is 0.851. The number of pyridine rings is 1. The summed E-state index contributed by atoms with van der Waals surface area (Å²) in [7, 11) is 0. The topological polar surface area (TPSA) is 62.2 Å². The lowest BCUT2D eigenvalue weighted by molar-refractivity contribution is 0.102. The number of rotatable bonds is 2. The number of aromatic hydroxyl groups is 1. The van der Waals surface area contributed by atoms with Crippen LogP contribution < -0.4 is 5.32 Å². The molecule has 2 rings (SSSR count). The highest BCUT2D eigenvalue weighted by Gasteiger charge is 2.12. The van der Waals surface area contributed by atoms with Gasteiger partial charge in [-0.25, -0.2) is 4.98 Å². The molecule has 0 unspecified atom stereocenters. The van der Waals surface area contributed by atoms with Crippen molar-refractivity contribution >= 4 is 11.7 Å². The zero-order valence-corrected chi connectivity index (χ0v) is 10.3. The Kier molecular flexibility index (Phi) is 3.28. The van der Waals surface area contributed by atoms with E-state index < -0.39 is 0 Å². The smallest absolute Gasteiger partial charge is 0.257 e. The first kappa shape index (κ1) is 12.1. The van der Waals surface area contributed by atoms with Crippen molar-refractivity contribution < 1.29 is 9.90 Å². The van der Waals surface area contributed by atoms with Crippen LogP contribution in [0.15, 0.2) is 36.5 Å². The van der Waals surface area contributed by atoms with Gasteiger partial charge in [-0.1, -0.05) is 12.1 Å². The molecule has 2 aromatic rings. The number of hydrogen-bond donors (Lipinski definition) is 2. The highest BCUT2D eigenvalue weighted by molar-refractivity contribution is 6.05. The van der Waals surface area contributed by atoms with Crippen LogP contribution in [0.25, 0.3) is 0 Å². The molecule has 1 aromatic carbocycles. The van der Waals surface area contributed by atoms with E-state index in [4.69, 9.17) is 0 Å². The summed E-state index contributed by atoms with van der Waals surface area (Å²) in [6.07, 6.45) is 1.62. The zero-order chi connectivity index (χ0) is 13.1. The number of nitrogens with zero attached hydrogens (tertiary/aromatic N) is 1. The van der Waals surface area contributed by atoms with Crippen molar-refractivity contribution in [2.75, 3.05) is 5.32 Å². The number of phenolic OH excluding ortho intramolecular Hbond substituents is 1. The minimum atomic E-state index is -0.273. The summed E-state index contributed by atoms with van der Waals surface area (Å²) in [5.74, 6) is 0.371. The van der Waals surface area contributed by atoms with Gasteiger partial charge in [-0.2, -0.15) is 0 Å². The lowest BCUT2D eigenvalue weighted by Crippen LogP contribution is -2.15. The number of carbonyl (C=O) groups is 1. The Morgan fingerprint density at radius 3 is 2.72 bits per heavy atom. The van der Waals surface area contributed by atoms with E-state index in [9.17, 15) is 9.90 Å². The Morgan fingerprint density at radius 1 is 1.22 bits per heavy atom. The van der Waals surface area contributed by atoms with E-state index >= 15 is 0 Å². The van der Waals surface area contributed by atoms with Gasteiger partial charge in [-0.3, -0.25) is 4.79 Å². The number of phenols is 1. The summed E-state index contributed by atoms with van der Waals surface area (Å²) in [4.78, 5) is 16.2. The molecule has 2 N–H and O–H groups in total. The second-order valence-corrected chi connectivity index (χ2v) is 4.07. The average molecular weight is 242 g/mol. The van der Waals surface area contributed by atoms with Crippen LogP contribution in [0.4, 0.5) is 5.82 Å². The van der Waals surface area contributed by atoms with Crippen molar-refractivity contribution in [3.8, 4) is 5.75 Å². The third kappa shape index (κ3) is 2.32. The molecule has 1 heterocycles. The van der Waals surface area contributed by atoms with Crippen LogP contribution in [-0.2, 0) is 0 Å². The van der Waals surface area contributed by atoms with Gasteiger partial charge in [0.25, 0.3) is 5.91 Å². The maximum Gasteiger partial charge on any atom is 0.257 e. The van der Waals surface area contributed by atoms with Crippen LogP contribution in [0.5, 0.6) is 5.75 Å². The second-order valence-electron chi connectivity index (χ2n) is 4.07. The van der Waals surface area contributed by atoms with E-state index in [-0.39, 0.29) is 11.7 Å². The van der Waals surface area contributed by atoms with Gasteiger partial charge in [-0.05, 0) is 37.6 Å². The Balaban J connectivity index is 2.28. The predicted octanol–water partition coefficient (Wildman–Crippen LogP) is 2.66. The molecule has 92 valence electrons. The van der Waals surface area contributed by atoms with Gasteiger partial charge < -0.3 is 10.4 Å². The molecule has 0 fully saturated rings. The SMILES string of the molecule is Cc1cccnc1NC(=O)c1cccc(O)c1C. The second kappa shape index (κ2) is 4.87. The number of aromatic nitrogens is 1. The molecular weight excluding hydrogens is 228 g/mol. The Bertz CT molecular complexity index is 594. The number of carbonyl (C=O) groups excluding carboxylic acids is 1. The molecule has 4 nitrogen and oxygen atoms in total.